The molecule has 2 nitrogen and oxygen atoms in total. The Morgan fingerprint density at radius 1 is 0.897 bits per heavy atom. The molecule has 29 heavy (non-hydrogen) atoms. The SMILES string of the molecule is c1cc(-c2ccsc2)cc(C2CCNCC2OCc2ccc3ccccc3c2)c1. The molecule has 1 aliphatic rings. The first-order valence-corrected chi connectivity index (χ1v) is 11.2. The normalized spacial score (nSPS) is 19.4. The topological polar surface area (TPSA) is 21.3 Å². The smallest absolute Gasteiger partial charge is 0.0772 e. The molecule has 2 unspecified atom stereocenters. The fraction of sp³-hybridized carbons (Fsp3) is 0.231. The number of fused-ring (bicyclic) bond motifs is 1. The van der Waals surface area contributed by atoms with Crippen LogP contribution in [0.1, 0.15) is 23.5 Å². The van der Waals surface area contributed by atoms with E-state index in [2.05, 4.69) is 88.9 Å². The molecule has 5 rings (SSSR count). The molecule has 1 aliphatic heterocycles. The lowest BCUT2D eigenvalue weighted by Crippen LogP contribution is -2.41. The molecule has 0 radical (unpaired) electrons. The van der Waals surface area contributed by atoms with E-state index < -0.39 is 0 Å². The molecule has 3 heteroatoms. The zero-order valence-electron chi connectivity index (χ0n) is 16.4. The standard InChI is InChI=1S/C26H25NOS/c1-2-5-21-14-19(8-9-20(21)4-1)17-28-26-16-27-12-10-25(26)23-7-3-6-22(15-23)24-11-13-29-18-24/h1-9,11,13-15,18,25-27H,10,12,16-17H2. The number of rotatable bonds is 5. The maximum atomic E-state index is 6.46. The van der Waals surface area contributed by atoms with Gasteiger partial charge >= 0.3 is 0 Å². The van der Waals surface area contributed by atoms with Gasteiger partial charge in [0.05, 0.1) is 12.7 Å². The Balaban J connectivity index is 1.34. The quantitative estimate of drug-likeness (QED) is 0.429. The Labute approximate surface area is 176 Å². The number of nitrogens with one attached hydrogen (secondary N) is 1. The highest BCUT2D eigenvalue weighted by Crippen LogP contribution is 2.32. The van der Waals surface area contributed by atoms with Crippen LogP contribution in [-0.2, 0) is 11.3 Å². The van der Waals surface area contributed by atoms with E-state index in [1.165, 1.54) is 33.0 Å². The number of thiophene rings is 1. The number of piperidine rings is 1. The van der Waals surface area contributed by atoms with Gasteiger partial charge in [0, 0.05) is 12.5 Å². The second kappa shape index (κ2) is 8.50. The highest BCUT2D eigenvalue weighted by Gasteiger charge is 2.27. The van der Waals surface area contributed by atoms with Crippen LogP contribution in [0.5, 0.6) is 0 Å². The van der Waals surface area contributed by atoms with Crippen LogP contribution in [0.3, 0.4) is 0 Å². The average Bonchev–Trinajstić information content (AvgIpc) is 3.33. The fourth-order valence-corrected chi connectivity index (χ4v) is 4.96. The molecule has 4 aromatic rings. The van der Waals surface area contributed by atoms with Crippen molar-refractivity contribution < 1.29 is 4.74 Å². The summed E-state index contributed by atoms with van der Waals surface area (Å²) in [5.41, 5.74) is 5.23. The number of hydrogen-bond donors (Lipinski definition) is 1. The lowest BCUT2D eigenvalue weighted by atomic mass is 9.86. The highest BCUT2D eigenvalue weighted by atomic mass is 32.1. The summed E-state index contributed by atoms with van der Waals surface area (Å²) in [4.78, 5) is 0. The molecule has 1 fully saturated rings. The van der Waals surface area contributed by atoms with Crippen LogP contribution in [0.4, 0.5) is 0 Å². The van der Waals surface area contributed by atoms with E-state index in [0.717, 1.165) is 19.5 Å². The van der Waals surface area contributed by atoms with Crippen LogP contribution >= 0.6 is 11.3 Å². The van der Waals surface area contributed by atoms with Crippen LogP contribution in [0.2, 0.25) is 0 Å². The van der Waals surface area contributed by atoms with E-state index >= 15 is 0 Å². The summed E-state index contributed by atoms with van der Waals surface area (Å²) in [5.74, 6) is 0.426. The van der Waals surface area contributed by atoms with Crippen molar-refractivity contribution in [2.75, 3.05) is 13.1 Å². The summed E-state index contributed by atoms with van der Waals surface area (Å²) in [5, 5.41) is 10.4. The van der Waals surface area contributed by atoms with Crippen LogP contribution in [0, 0.1) is 0 Å². The molecule has 146 valence electrons. The fourth-order valence-electron chi connectivity index (χ4n) is 4.30. The van der Waals surface area contributed by atoms with Gasteiger partial charge in [-0.2, -0.15) is 11.3 Å². The summed E-state index contributed by atoms with van der Waals surface area (Å²) in [6.45, 7) is 2.60. The van der Waals surface area contributed by atoms with E-state index in [4.69, 9.17) is 4.74 Å². The van der Waals surface area contributed by atoms with Gasteiger partial charge < -0.3 is 10.1 Å². The Kier molecular flexibility index (Phi) is 5.44. The predicted octanol–water partition coefficient (Wildman–Crippen LogP) is 6.23. The molecule has 2 atom stereocenters. The van der Waals surface area contributed by atoms with E-state index in [9.17, 15) is 0 Å². The number of ether oxygens (including phenoxy) is 1. The molecule has 1 saturated heterocycles. The van der Waals surface area contributed by atoms with Crippen molar-refractivity contribution in [1.82, 2.24) is 5.32 Å². The van der Waals surface area contributed by atoms with Gasteiger partial charge in [-0.25, -0.2) is 0 Å². The predicted molar refractivity (Wildman–Crippen MR) is 123 cm³/mol. The van der Waals surface area contributed by atoms with E-state index in [1.54, 1.807) is 11.3 Å². The Hall–Kier alpha value is -2.46. The lowest BCUT2D eigenvalue weighted by Gasteiger charge is -2.33. The van der Waals surface area contributed by atoms with Gasteiger partial charge in [0.2, 0.25) is 0 Å². The molecule has 0 bridgehead atoms. The van der Waals surface area contributed by atoms with Crippen molar-refractivity contribution >= 4 is 22.1 Å². The van der Waals surface area contributed by atoms with Gasteiger partial charge in [0.15, 0.2) is 0 Å². The van der Waals surface area contributed by atoms with E-state index in [0.29, 0.717) is 12.5 Å². The van der Waals surface area contributed by atoms with Crippen LogP contribution in [-0.4, -0.2) is 19.2 Å². The summed E-state index contributed by atoms with van der Waals surface area (Å²) in [6, 6.07) is 26.3. The minimum Gasteiger partial charge on any atom is -0.372 e. The monoisotopic (exact) mass is 399 g/mol. The first kappa shape index (κ1) is 18.6. The van der Waals surface area contributed by atoms with Crippen molar-refractivity contribution in [3.05, 3.63) is 94.7 Å². The Morgan fingerprint density at radius 3 is 2.72 bits per heavy atom. The highest BCUT2D eigenvalue weighted by molar-refractivity contribution is 7.08. The van der Waals surface area contributed by atoms with Gasteiger partial charge in [-0.05, 0) is 68.9 Å². The first-order valence-electron chi connectivity index (χ1n) is 10.3. The molecule has 0 spiro atoms. The van der Waals surface area contributed by atoms with E-state index in [-0.39, 0.29) is 6.10 Å². The molecular weight excluding hydrogens is 374 g/mol. The molecule has 0 aliphatic carbocycles. The average molecular weight is 400 g/mol. The maximum absolute atomic E-state index is 6.46. The molecule has 0 amide bonds. The second-order valence-electron chi connectivity index (χ2n) is 7.77. The second-order valence-corrected chi connectivity index (χ2v) is 8.55. The number of benzene rings is 3. The van der Waals surface area contributed by atoms with Crippen molar-refractivity contribution in [1.29, 1.82) is 0 Å². The van der Waals surface area contributed by atoms with Gasteiger partial charge in [0.1, 0.15) is 0 Å². The van der Waals surface area contributed by atoms with Crippen molar-refractivity contribution in [3.63, 3.8) is 0 Å². The molecule has 2 heterocycles. The summed E-state index contributed by atoms with van der Waals surface area (Å²) in [6.07, 6.45) is 1.29. The van der Waals surface area contributed by atoms with Crippen molar-refractivity contribution in [3.8, 4) is 11.1 Å². The summed E-state index contributed by atoms with van der Waals surface area (Å²) >= 11 is 1.75. The first-order chi connectivity index (χ1) is 14.4. The van der Waals surface area contributed by atoms with Crippen LogP contribution < -0.4 is 5.32 Å². The summed E-state index contributed by atoms with van der Waals surface area (Å²) in [7, 11) is 0. The van der Waals surface area contributed by atoms with Gasteiger partial charge in [-0.1, -0.05) is 60.7 Å². The molecular formula is C26H25NOS. The van der Waals surface area contributed by atoms with Gasteiger partial charge in [-0.15, -0.1) is 0 Å². The Morgan fingerprint density at radius 2 is 1.83 bits per heavy atom. The Bertz CT molecular complexity index is 1090. The van der Waals surface area contributed by atoms with Crippen LogP contribution in [0.15, 0.2) is 83.6 Å². The maximum Gasteiger partial charge on any atom is 0.0772 e. The molecule has 1 aromatic heterocycles. The largest absolute Gasteiger partial charge is 0.372 e. The van der Waals surface area contributed by atoms with E-state index in [1.807, 2.05) is 0 Å². The minimum absolute atomic E-state index is 0.188. The van der Waals surface area contributed by atoms with Crippen LogP contribution in [0.25, 0.3) is 21.9 Å². The molecule has 0 saturated carbocycles. The third-order valence-electron chi connectivity index (χ3n) is 5.87. The third kappa shape index (κ3) is 4.13. The van der Waals surface area contributed by atoms with Crippen molar-refractivity contribution in [2.24, 2.45) is 0 Å². The lowest BCUT2D eigenvalue weighted by molar-refractivity contribution is 0.0107. The minimum atomic E-state index is 0.188. The van der Waals surface area contributed by atoms with Gasteiger partial charge in [-0.3, -0.25) is 0 Å². The third-order valence-corrected chi connectivity index (χ3v) is 6.56. The zero-order chi connectivity index (χ0) is 19.5. The van der Waals surface area contributed by atoms with Gasteiger partial charge in [0.25, 0.3) is 0 Å². The zero-order valence-corrected chi connectivity index (χ0v) is 17.2. The summed E-state index contributed by atoms with van der Waals surface area (Å²) < 4.78 is 6.46. The van der Waals surface area contributed by atoms with Crippen molar-refractivity contribution in [2.45, 2.75) is 25.0 Å². The molecule has 3 aromatic carbocycles. The number of hydrogen-bond acceptors (Lipinski definition) is 3. The molecule has 1 N–H and O–H groups in total.